The summed E-state index contributed by atoms with van der Waals surface area (Å²) < 4.78 is 27.4. The SMILES string of the molecule is C=CCOC(=O)c1sc(N2C(=O)C(O)=C(C(=O)c3cc4ccccc4o3)C2c2cc(OC)c(OC)c(OC)c2)nc1C. The van der Waals surface area contributed by atoms with Gasteiger partial charge in [-0.25, -0.2) is 9.78 Å². The number of hydrogen-bond acceptors (Lipinski definition) is 11. The van der Waals surface area contributed by atoms with Gasteiger partial charge in [-0.2, -0.15) is 0 Å². The van der Waals surface area contributed by atoms with Crippen LogP contribution in [0.15, 0.2) is 70.9 Å². The fraction of sp³-hybridized carbons (Fsp3) is 0.200. The first-order valence-corrected chi connectivity index (χ1v) is 13.4. The topological polar surface area (TPSA) is 138 Å². The number of amides is 1. The van der Waals surface area contributed by atoms with Gasteiger partial charge in [0.2, 0.25) is 11.5 Å². The van der Waals surface area contributed by atoms with E-state index in [-0.39, 0.29) is 45.2 Å². The summed E-state index contributed by atoms with van der Waals surface area (Å²) in [5.74, 6) is -2.32. The molecule has 0 saturated carbocycles. The monoisotopic (exact) mass is 590 g/mol. The standard InChI is InChI=1S/C30H26N2O9S/c1-6-11-40-29(36)27-15(2)31-30(42-27)32-23(17-13-20(37-3)26(39-5)21(14-17)38-4)22(25(34)28(32)35)24(33)19-12-16-9-7-8-10-18(16)41-19/h6-10,12-14,23,34H,1,11H2,2-5H3. The number of benzene rings is 2. The number of aliphatic hydroxyl groups excluding tert-OH is 1. The van der Waals surface area contributed by atoms with Gasteiger partial charge in [-0.05, 0) is 36.8 Å². The molecule has 0 fully saturated rings. The maximum atomic E-state index is 14.0. The van der Waals surface area contributed by atoms with Crippen molar-refractivity contribution in [2.24, 2.45) is 0 Å². The molecule has 3 heterocycles. The van der Waals surface area contributed by atoms with Gasteiger partial charge in [0.05, 0.1) is 38.6 Å². The number of ketones is 1. The molecule has 0 spiro atoms. The predicted octanol–water partition coefficient (Wildman–Crippen LogP) is 5.35. The molecule has 1 aliphatic heterocycles. The number of furan rings is 1. The van der Waals surface area contributed by atoms with Crippen molar-refractivity contribution in [3.05, 3.63) is 88.3 Å². The number of carbonyl (C=O) groups is 3. The molecule has 2 aromatic heterocycles. The Morgan fingerprint density at radius 1 is 1.12 bits per heavy atom. The molecule has 0 saturated heterocycles. The fourth-order valence-corrected chi connectivity index (χ4v) is 5.70. The molecule has 0 aliphatic carbocycles. The van der Waals surface area contributed by atoms with Crippen LogP contribution in [0, 0.1) is 6.92 Å². The Morgan fingerprint density at radius 3 is 2.43 bits per heavy atom. The third-order valence-electron chi connectivity index (χ3n) is 6.61. The van der Waals surface area contributed by atoms with E-state index in [1.165, 1.54) is 27.4 Å². The summed E-state index contributed by atoms with van der Waals surface area (Å²) in [6.45, 7) is 5.12. The molecule has 2 aromatic carbocycles. The molecule has 216 valence electrons. The van der Waals surface area contributed by atoms with E-state index in [4.69, 9.17) is 23.4 Å². The second-order valence-corrected chi connectivity index (χ2v) is 10.1. The van der Waals surface area contributed by atoms with Gasteiger partial charge in [0.15, 0.2) is 28.1 Å². The van der Waals surface area contributed by atoms with Gasteiger partial charge in [-0.3, -0.25) is 14.5 Å². The molecule has 1 N–H and O–H groups in total. The Morgan fingerprint density at radius 2 is 1.81 bits per heavy atom. The van der Waals surface area contributed by atoms with Crippen LogP contribution >= 0.6 is 11.3 Å². The van der Waals surface area contributed by atoms with Gasteiger partial charge in [-0.1, -0.05) is 42.2 Å². The van der Waals surface area contributed by atoms with E-state index in [9.17, 15) is 19.5 Å². The zero-order valence-electron chi connectivity index (χ0n) is 23.1. The number of esters is 1. The van der Waals surface area contributed by atoms with Crippen molar-refractivity contribution >= 4 is 45.1 Å². The minimum absolute atomic E-state index is 0.0132. The van der Waals surface area contributed by atoms with Gasteiger partial charge in [-0.15, -0.1) is 0 Å². The number of thiazole rings is 1. The van der Waals surface area contributed by atoms with Crippen LogP contribution in [0.25, 0.3) is 11.0 Å². The maximum Gasteiger partial charge on any atom is 0.350 e. The van der Waals surface area contributed by atoms with Crippen molar-refractivity contribution in [2.75, 3.05) is 32.8 Å². The lowest BCUT2D eigenvalue weighted by Gasteiger charge is -2.25. The molecule has 1 aliphatic rings. The number of para-hydroxylation sites is 1. The summed E-state index contributed by atoms with van der Waals surface area (Å²) in [6.07, 6.45) is 1.43. The van der Waals surface area contributed by atoms with Crippen molar-refractivity contribution in [1.82, 2.24) is 4.98 Å². The summed E-state index contributed by atoms with van der Waals surface area (Å²) in [5.41, 5.74) is 0.851. The minimum atomic E-state index is -1.21. The number of carbonyl (C=O) groups excluding carboxylic acids is 3. The molecule has 4 aromatic rings. The van der Waals surface area contributed by atoms with Gasteiger partial charge >= 0.3 is 5.97 Å². The average Bonchev–Trinajstić information content (AvgIpc) is 3.68. The van der Waals surface area contributed by atoms with Gasteiger partial charge in [0.25, 0.3) is 5.91 Å². The Bertz CT molecular complexity index is 1710. The molecule has 1 amide bonds. The number of anilines is 1. The van der Waals surface area contributed by atoms with Crippen molar-refractivity contribution in [3.8, 4) is 17.2 Å². The molecule has 1 atom stereocenters. The van der Waals surface area contributed by atoms with Crippen LogP contribution in [0.1, 0.15) is 37.5 Å². The predicted molar refractivity (Wildman–Crippen MR) is 154 cm³/mol. The molecule has 1 unspecified atom stereocenters. The number of methoxy groups -OCH3 is 3. The normalized spacial score (nSPS) is 14.8. The fourth-order valence-electron chi connectivity index (χ4n) is 4.71. The second kappa shape index (κ2) is 11.4. The Labute approximate surface area is 244 Å². The summed E-state index contributed by atoms with van der Waals surface area (Å²) in [4.78, 5) is 46.1. The average molecular weight is 591 g/mol. The second-order valence-electron chi connectivity index (χ2n) is 9.07. The number of rotatable bonds is 10. The van der Waals surface area contributed by atoms with E-state index in [1.807, 2.05) is 0 Å². The first-order chi connectivity index (χ1) is 20.2. The van der Waals surface area contributed by atoms with Crippen LogP contribution < -0.4 is 19.1 Å². The molecule has 42 heavy (non-hydrogen) atoms. The zero-order chi connectivity index (χ0) is 30.1. The molecule has 12 heteroatoms. The van der Waals surface area contributed by atoms with Crippen LogP contribution in [0.5, 0.6) is 17.2 Å². The smallest absolute Gasteiger partial charge is 0.350 e. The Hall–Kier alpha value is -5.10. The van der Waals surface area contributed by atoms with Crippen molar-refractivity contribution in [3.63, 3.8) is 0 Å². The van der Waals surface area contributed by atoms with E-state index in [0.29, 0.717) is 22.2 Å². The highest BCUT2D eigenvalue weighted by molar-refractivity contribution is 7.17. The first-order valence-electron chi connectivity index (χ1n) is 12.6. The van der Waals surface area contributed by atoms with Gasteiger partial charge < -0.3 is 28.5 Å². The zero-order valence-corrected chi connectivity index (χ0v) is 23.9. The van der Waals surface area contributed by atoms with Gasteiger partial charge in [0.1, 0.15) is 17.1 Å². The van der Waals surface area contributed by atoms with Crippen LogP contribution in [-0.2, 0) is 9.53 Å². The van der Waals surface area contributed by atoms with Crippen LogP contribution in [0.3, 0.4) is 0 Å². The molecule has 11 nitrogen and oxygen atoms in total. The highest BCUT2D eigenvalue weighted by Gasteiger charge is 2.47. The lowest BCUT2D eigenvalue weighted by molar-refractivity contribution is -0.117. The Kier molecular flexibility index (Phi) is 7.72. The number of hydrogen-bond donors (Lipinski definition) is 1. The van der Waals surface area contributed by atoms with E-state index in [2.05, 4.69) is 11.6 Å². The molecular formula is C30H26N2O9S. The van der Waals surface area contributed by atoms with E-state index in [0.717, 1.165) is 16.2 Å². The quantitative estimate of drug-likeness (QED) is 0.146. The third kappa shape index (κ3) is 4.75. The van der Waals surface area contributed by atoms with E-state index >= 15 is 0 Å². The summed E-state index contributed by atoms with van der Waals surface area (Å²) in [6, 6.07) is 10.5. The third-order valence-corrected chi connectivity index (χ3v) is 7.75. The molecule has 5 rings (SSSR count). The van der Waals surface area contributed by atoms with E-state index in [1.54, 1.807) is 49.4 Å². The molecule has 0 radical (unpaired) electrons. The molecular weight excluding hydrogens is 564 g/mol. The lowest BCUT2D eigenvalue weighted by Crippen LogP contribution is -2.31. The Balaban J connectivity index is 1.69. The van der Waals surface area contributed by atoms with Crippen molar-refractivity contribution < 1.29 is 42.9 Å². The molecule has 0 bridgehead atoms. The van der Waals surface area contributed by atoms with Crippen molar-refractivity contribution in [1.29, 1.82) is 0 Å². The number of nitrogens with zero attached hydrogens (tertiary/aromatic N) is 2. The van der Waals surface area contributed by atoms with Crippen LogP contribution in [0.4, 0.5) is 5.13 Å². The summed E-state index contributed by atoms with van der Waals surface area (Å²) in [5, 5.41) is 11.9. The number of ether oxygens (including phenoxy) is 4. The number of Topliss-reactive ketones (excluding diaryl/α,β-unsaturated/α-hetero) is 1. The van der Waals surface area contributed by atoms with Gasteiger partial charge in [0, 0.05) is 5.39 Å². The number of aryl methyl sites for hydroxylation is 1. The van der Waals surface area contributed by atoms with Crippen LogP contribution in [-0.4, -0.2) is 55.7 Å². The largest absolute Gasteiger partial charge is 0.503 e. The highest BCUT2D eigenvalue weighted by Crippen LogP contribution is 2.48. The number of fused-ring (bicyclic) bond motifs is 1. The van der Waals surface area contributed by atoms with Crippen LogP contribution in [0.2, 0.25) is 0 Å². The first kappa shape index (κ1) is 28.4. The van der Waals surface area contributed by atoms with Crippen molar-refractivity contribution in [2.45, 2.75) is 13.0 Å². The van der Waals surface area contributed by atoms with E-state index < -0.39 is 29.5 Å². The number of aliphatic hydroxyl groups is 1. The summed E-state index contributed by atoms with van der Waals surface area (Å²) in [7, 11) is 4.30. The lowest BCUT2D eigenvalue weighted by atomic mass is 9.94. The number of aromatic nitrogens is 1. The summed E-state index contributed by atoms with van der Waals surface area (Å²) >= 11 is 0.886. The highest BCUT2D eigenvalue weighted by atomic mass is 32.1. The maximum absolute atomic E-state index is 14.0. The minimum Gasteiger partial charge on any atom is -0.503 e.